The third-order valence-corrected chi connectivity index (χ3v) is 5.08. The Balaban J connectivity index is 1.32. The summed E-state index contributed by atoms with van der Waals surface area (Å²) in [7, 11) is 1.64. The Hall–Kier alpha value is -3.02. The number of methoxy groups -OCH3 is 1. The number of anilines is 1. The summed E-state index contributed by atoms with van der Waals surface area (Å²) >= 11 is 0. The molecule has 140 valence electrons. The first-order chi connectivity index (χ1) is 13.2. The molecule has 1 amide bonds. The highest BCUT2D eigenvalue weighted by molar-refractivity contribution is 6.04. The average Bonchev–Trinajstić information content (AvgIpc) is 3.24. The number of para-hydroxylation sites is 1. The number of amides is 1. The van der Waals surface area contributed by atoms with Gasteiger partial charge in [0, 0.05) is 38.3 Å². The first-order valence-corrected chi connectivity index (χ1v) is 9.20. The van der Waals surface area contributed by atoms with Gasteiger partial charge in [-0.05, 0) is 42.0 Å². The molecule has 6 heteroatoms. The molecule has 0 aliphatic carbocycles. The molecule has 2 heterocycles. The SMILES string of the molecule is COc1ccc(C2=NO[C@@H](C(=O)N3CCN(c4ccccc4)CC3)C2)cc1. The van der Waals surface area contributed by atoms with Crippen LogP contribution in [-0.4, -0.2) is 55.9 Å². The van der Waals surface area contributed by atoms with Crippen LogP contribution in [0.15, 0.2) is 59.8 Å². The highest BCUT2D eigenvalue weighted by Gasteiger charge is 2.33. The van der Waals surface area contributed by atoms with Crippen molar-refractivity contribution in [2.24, 2.45) is 5.16 Å². The predicted molar refractivity (Wildman–Crippen MR) is 104 cm³/mol. The maximum atomic E-state index is 12.8. The van der Waals surface area contributed by atoms with Crippen molar-refractivity contribution >= 4 is 17.3 Å². The van der Waals surface area contributed by atoms with Crippen LogP contribution in [-0.2, 0) is 9.63 Å². The maximum absolute atomic E-state index is 12.8. The fourth-order valence-corrected chi connectivity index (χ4v) is 3.49. The zero-order valence-corrected chi connectivity index (χ0v) is 15.4. The predicted octanol–water partition coefficient (Wildman–Crippen LogP) is 2.54. The van der Waals surface area contributed by atoms with E-state index >= 15 is 0 Å². The second kappa shape index (κ2) is 7.70. The first-order valence-electron chi connectivity index (χ1n) is 9.20. The number of piperazine rings is 1. The Morgan fingerprint density at radius 1 is 1.04 bits per heavy atom. The lowest BCUT2D eigenvalue weighted by atomic mass is 10.0. The van der Waals surface area contributed by atoms with Gasteiger partial charge in [-0.2, -0.15) is 0 Å². The van der Waals surface area contributed by atoms with Crippen molar-refractivity contribution in [1.82, 2.24) is 4.90 Å². The van der Waals surface area contributed by atoms with Crippen LogP contribution in [0.2, 0.25) is 0 Å². The fraction of sp³-hybridized carbons (Fsp3) is 0.333. The van der Waals surface area contributed by atoms with Gasteiger partial charge < -0.3 is 19.4 Å². The van der Waals surface area contributed by atoms with Crippen LogP contribution in [0.4, 0.5) is 5.69 Å². The number of benzene rings is 2. The van der Waals surface area contributed by atoms with Crippen LogP contribution < -0.4 is 9.64 Å². The minimum Gasteiger partial charge on any atom is -0.497 e. The van der Waals surface area contributed by atoms with Gasteiger partial charge in [0.2, 0.25) is 6.10 Å². The second-order valence-corrected chi connectivity index (χ2v) is 6.71. The molecular weight excluding hydrogens is 342 g/mol. The van der Waals surface area contributed by atoms with E-state index in [0.717, 1.165) is 30.1 Å². The molecule has 1 saturated heterocycles. The minimum absolute atomic E-state index is 0.0231. The summed E-state index contributed by atoms with van der Waals surface area (Å²) in [5, 5.41) is 4.14. The van der Waals surface area contributed by atoms with Crippen molar-refractivity contribution in [3.63, 3.8) is 0 Å². The zero-order chi connectivity index (χ0) is 18.6. The summed E-state index contributed by atoms with van der Waals surface area (Å²) < 4.78 is 5.18. The maximum Gasteiger partial charge on any atom is 0.267 e. The van der Waals surface area contributed by atoms with E-state index in [1.807, 2.05) is 47.4 Å². The second-order valence-electron chi connectivity index (χ2n) is 6.71. The molecule has 27 heavy (non-hydrogen) atoms. The van der Waals surface area contributed by atoms with E-state index in [1.165, 1.54) is 5.69 Å². The van der Waals surface area contributed by atoms with Gasteiger partial charge in [-0.25, -0.2) is 0 Å². The number of carbonyl (C=O) groups excluding carboxylic acids is 1. The third-order valence-electron chi connectivity index (χ3n) is 5.08. The van der Waals surface area contributed by atoms with E-state index in [2.05, 4.69) is 22.2 Å². The lowest BCUT2D eigenvalue weighted by Gasteiger charge is -2.36. The average molecular weight is 365 g/mol. The molecule has 2 aromatic carbocycles. The summed E-state index contributed by atoms with van der Waals surface area (Å²) in [5.74, 6) is 0.817. The monoisotopic (exact) mass is 365 g/mol. The number of carbonyl (C=O) groups is 1. The van der Waals surface area contributed by atoms with Crippen molar-refractivity contribution in [3.8, 4) is 5.75 Å². The lowest BCUT2D eigenvalue weighted by molar-refractivity contribution is -0.142. The lowest BCUT2D eigenvalue weighted by Crippen LogP contribution is -2.51. The summed E-state index contributed by atoms with van der Waals surface area (Å²) in [5.41, 5.74) is 2.96. The Morgan fingerprint density at radius 3 is 2.41 bits per heavy atom. The molecule has 0 N–H and O–H groups in total. The van der Waals surface area contributed by atoms with Gasteiger partial charge in [0.05, 0.1) is 12.8 Å². The van der Waals surface area contributed by atoms with Crippen molar-refractivity contribution in [2.45, 2.75) is 12.5 Å². The molecule has 1 fully saturated rings. The standard InChI is InChI=1S/C21H23N3O3/c1-26-18-9-7-16(8-10-18)19-15-20(27-22-19)21(25)24-13-11-23(12-14-24)17-5-3-2-4-6-17/h2-10,20H,11-15H2,1H3/t20-/m1/s1. The summed E-state index contributed by atoms with van der Waals surface area (Å²) in [6, 6.07) is 17.9. The smallest absolute Gasteiger partial charge is 0.267 e. The number of rotatable bonds is 4. The van der Waals surface area contributed by atoms with Crippen molar-refractivity contribution in [3.05, 3.63) is 60.2 Å². The van der Waals surface area contributed by atoms with Gasteiger partial charge in [0.15, 0.2) is 0 Å². The Morgan fingerprint density at radius 2 is 1.74 bits per heavy atom. The van der Waals surface area contributed by atoms with Crippen molar-refractivity contribution < 1.29 is 14.4 Å². The van der Waals surface area contributed by atoms with Crippen LogP contribution in [0.1, 0.15) is 12.0 Å². The molecule has 0 saturated carbocycles. The molecule has 0 unspecified atom stereocenters. The van der Waals surface area contributed by atoms with Gasteiger partial charge in [-0.15, -0.1) is 0 Å². The highest BCUT2D eigenvalue weighted by Crippen LogP contribution is 2.22. The molecule has 2 aliphatic heterocycles. The van der Waals surface area contributed by atoms with E-state index < -0.39 is 6.10 Å². The Bertz CT molecular complexity index is 812. The van der Waals surface area contributed by atoms with Crippen LogP contribution in [0, 0.1) is 0 Å². The van der Waals surface area contributed by atoms with Crippen LogP contribution >= 0.6 is 0 Å². The fourth-order valence-electron chi connectivity index (χ4n) is 3.49. The first kappa shape index (κ1) is 17.4. The summed E-state index contributed by atoms with van der Waals surface area (Å²) in [6.07, 6.45) is -0.0188. The molecule has 0 spiro atoms. The normalized spacial score (nSPS) is 19.4. The summed E-state index contributed by atoms with van der Waals surface area (Å²) in [6.45, 7) is 3.06. The molecule has 0 bridgehead atoms. The molecule has 1 atom stereocenters. The van der Waals surface area contributed by atoms with E-state index in [1.54, 1.807) is 7.11 Å². The van der Waals surface area contributed by atoms with Crippen molar-refractivity contribution in [2.75, 3.05) is 38.2 Å². The largest absolute Gasteiger partial charge is 0.497 e. The quantitative estimate of drug-likeness (QED) is 0.836. The molecular formula is C21H23N3O3. The number of nitrogens with zero attached hydrogens (tertiary/aromatic N) is 3. The van der Waals surface area contributed by atoms with Gasteiger partial charge in [0.25, 0.3) is 5.91 Å². The van der Waals surface area contributed by atoms with Gasteiger partial charge in [-0.3, -0.25) is 4.79 Å². The summed E-state index contributed by atoms with van der Waals surface area (Å²) in [4.78, 5) is 22.5. The highest BCUT2D eigenvalue weighted by atomic mass is 16.6. The molecule has 6 nitrogen and oxygen atoms in total. The van der Waals surface area contributed by atoms with Crippen molar-refractivity contribution in [1.29, 1.82) is 0 Å². The van der Waals surface area contributed by atoms with E-state index in [9.17, 15) is 4.79 Å². The Kier molecular flexibility index (Phi) is 4.96. The van der Waals surface area contributed by atoms with Gasteiger partial charge in [-0.1, -0.05) is 23.4 Å². The number of hydrogen-bond donors (Lipinski definition) is 0. The third kappa shape index (κ3) is 3.74. The van der Waals surface area contributed by atoms with Gasteiger partial charge in [0.1, 0.15) is 5.75 Å². The van der Waals surface area contributed by atoms with E-state index in [4.69, 9.17) is 9.57 Å². The Labute approximate surface area is 159 Å². The van der Waals surface area contributed by atoms with Crippen LogP contribution in [0.25, 0.3) is 0 Å². The topological polar surface area (TPSA) is 54.4 Å². The van der Waals surface area contributed by atoms with Crippen LogP contribution in [0.3, 0.4) is 0 Å². The molecule has 2 aromatic rings. The van der Waals surface area contributed by atoms with Gasteiger partial charge >= 0.3 is 0 Å². The molecule has 0 radical (unpaired) electrons. The number of ether oxygens (including phenoxy) is 1. The zero-order valence-electron chi connectivity index (χ0n) is 15.4. The molecule has 0 aromatic heterocycles. The minimum atomic E-state index is -0.523. The molecule has 4 rings (SSSR count). The van der Waals surface area contributed by atoms with E-state index in [-0.39, 0.29) is 5.91 Å². The number of hydrogen-bond acceptors (Lipinski definition) is 5. The van der Waals surface area contributed by atoms with Crippen LogP contribution in [0.5, 0.6) is 5.75 Å². The molecule has 2 aliphatic rings. The van der Waals surface area contributed by atoms with E-state index in [0.29, 0.717) is 19.5 Å². The number of oxime groups is 1.